The van der Waals surface area contributed by atoms with E-state index in [2.05, 4.69) is 20.4 Å². The van der Waals surface area contributed by atoms with Crippen LogP contribution >= 0.6 is 11.8 Å². The first kappa shape index (κ1) is 17.3. The Hall–Kier alpha value is -2.13. The number of anilines is 2. The van der Waals surface area contributed by atoms with Crippen molar-refractivity contribution in [1.29, 1.82) is 0 Å². The fourth-order valence-corrected chi connectivity index (χ4v) is 4.20. The first-order valence-electron chi connectivity index (χ1n) is 8.65. The van der Waals surface area contributed by atoms with E-state index in [9.17, 15) is 4.79 Å². The Labute approximate surface area is 156 Å². The Balaban J connectivity index is 1.59. The fraction of sp³-hybridized carbons (Fsp3) is 0.529. The highest BCUT2D eigenvalue weighted by Crippen LogP contribution is 2.25. The van der Waals surface area contributed by atoms with Crippen molar-refractivity contribution >= 4 is 23.4 Å². The van der Waals surface area contributed by atoms with Crippen LogP contribution in [0.15, 0.2) is 23.3 Å². The third kappa shape index (κ3) is 3.41. The van der Waals surface area contributed by atoms with Crippen LogP contribution in [0.2, 0.25) is 0 Å². The topological polar surface area (TPSA) is 85.2 Å². The molecule has 2 unspecified atom stereocenters. The van der Waals surface area contributed by atoms with Crippen molar-refractivity contribution in [3.8, 4) is 0 Å². The van der Waals surface area contributed by atoms with Gasteiger partial charge in [0.05, 0.1) is 24.9 Å². The molecule has 26 heavy (non-hydrogen) atoms. The van der Waals surface area contributed by atoms with E-state index in [0.717, 1.165) is 35.0 Å². The molecule has 0 amide bonds. The monoisotopic (exact) mass is 374 g/mol. The number of aromatic nitrogens is 4. The van der Waals surface area contributed by atoms with Gasteiger partial charge in [-0.05, 0) is 11.3 Å². The number of hydrogen-bond donors (Lipinski definition) is 1. The molecule has 2 aromatic heterocycles. The zero-order chi connectivity index (χ0) is 18.1. The molecule has 1 saturated heterocycles. The van der Waals surface area contributed by atoms with Crippen LogP contribution < -0.4 is 15.8 Å². The Morgan fingerprint density at radius 2 is 2.19 bits per heavy atom. The highest BCUT2D eigenvalue weighted by atomic mass is 32.2. The Morgan fingerprint density at radius 1 is 1.31 bits per heavy atom. The number of aryl methyl sites for hydroxylation is 1. The van der Waals surface area contributed by atoms with Gasteiger partial charge in [-0.25, -0.2) is 14.6 Å². The SMILES string of the molecule is CN(C)c1cc(NC2COCC2n2nc3c(cc2=O)CSCC3)ncn1. The quantitative estimate of drug-likeness (QED) is 0.846. The molecule has 4 heterocycles. The van der Waals surface area contributed by atoms with Crippen molar-refractivity contribution in [2.75, 3.05) is 43.3 Å². The van der Waals surface area contributed by atoms with Gasteiger partial charge in [-0.3, -0.25) is 4.79 Å². The van der Waals surface area contributed by atoms with Gasteiger partial charge in [0.1, 0.15) is 24.0 Å². The Morgan fingerprint density at radius 3 is 3.04 bits per heavy atom. The van der Waals surface area contributed by atoms with E-state index in [1.54, 1.807) is 10.7 Å². The minimum Gasteiger partial charge on any atom is -0.377 e. The van der Waals surface area contributed by atoms with E-state index < -0.39 is 0 Å². The summed E-state index contributed by atoms with van der Waals surface area (Å²) in [6, 6.07) is 3.40. The van der Waals surface area contributed by atoms with Gasteiger partial charge in [-0.15, -0.1) is 0 Å². The molecule has 1 N–H and O–H groups in total. The molecule has 4 rings (SSSR count). The van der Waals surface area contributed by atoms with Crippen molar-refractivity contribution in [3.63, 3.8) is 0 Å². The van der Waals surface area contributed by atoms with E-state index in [0.29, 0.717) is 19.0 Å². The second kappa shape index (κ2) is 7.24. The Bertz CT molecular complexity index is 855. The van der Waals surface area contributed by atoms with Crippen LogP contribution in [0.5, 0.6) is 0 Å². The lowest BCUT2D eigenvalue weighted by molar-refractivity contribution is 0.182. The maximum Gasteiger partial charge on any atom is 0.267 e. The molecule has 8 nitrogen and oxygen atoms in total. The molecule has 1 fully saturated rings. The molecule has 2 aliphatic heterocycles. The average molecular weight is 374 g/mol. The first-order valence-corrected chi connectivity index (χ1v) is 9.80. The molecule has 0 aromatic carbocycles. The second-order valence-electron chi connectivity index (χ2n) is 6.71. The average Bonchev–Trinajstić information content (AvgIpc) is 3.09. The summed E-state index contributed by atoms with van der Waals surface area (Å²) in [5.74, 6) is 3.45. The second-order valence-corrected chi connectivity index (χ2v) is 7.82. The minimum absolute atomic E-state index is 0.0646. The summed E-state index contributed by atoms with van der Waals surface area (Å²) in [7, 11) is 3.87. The summed E-state index contributed by atoms with van der Waals surface area (Å²) in [6.07, 6.45) is 2.44. The van der Waals surface area contributed by atoms with Crippen LogP contribution in [0.1, 0.15) is 17.3 Å². The molecule has 0 spiro atoms. The summed E-state index contributed by atoms with van der Waals surface area (Å²) in [5, 5.41) is 8.05. The lowest BCUT2D eigenvalue weighted by atomic mass is 10.1. The molecule has 2 atom stereocenters. The standard InChI is InChI=1S/C17H22N6O2S/c1-22(2)16-6-15(18-10-19-16)20-13-7-25-8-14(13)23-17(24)5-11-9-26-4-3-12(11)21-23/h5-6,10,13-14H,3-4,7-9H2,1-2H3,(H,18,19,20). The molecule has 138 valence electrons. The number of fused-ring (bicyclic) bond motifs is 1. The molecular formula is C17H22N6O2S. The van der Waals surface area contributed by atoms with Crippen LogP contribution in [-0.4, -0.2) is 58.9 Å². The first-order chi connectivity index (χ1) is 12.6. The summed E-state index contributed by atoms with van der Waals surface area (Å²) < 4.78 is 7.24. The highest BCUT2D eigenvalue weighted by molar-refractivity contribution is 7.98. The molecule has 0 aliphatic carbocycles. The van der Waals surface area contributed by atoms with Crippen LogP contribution in [0, 0.1) is 0 Å². The molecular weight excluding hydrogens is 352 g/mol. The zero-order valence-electron chi connectivity index (χ0n) is 14.9. The maximum atomic E-state index is 12.6. The summed E-state index contributed by atoms with van der Waals surface area (Å²) in [4.78, 5) is 23.0. The number of hydrogen-bond acceptors (Lipinski definition) is 8. The third-order valence-corrected chi connectivity index (χ3v) is 5.68. The largest absolute Gasteiger partial charge is 0.377 e. The molecule has 9 heteroatoms. The number of nitrogens with one attached hydrogen (secondary N) is 1. The molecule has 2 aromatic rings. The van der Waals surface area contributed by atoms with E-state index in [1.165, 1.54) is 6.33 Å². The number of thioether (sulfide) groups is 1. The fourth-order valence-electron chi connectivity index (χ4n) is 3.25. The normalized spacial score (nSPS) is 22.1. The van der Waals surface area contributed by atoms with Crippen molar-refractivity contribution in [2.24, 2.45) is 0 Å². The smallest absolute Gasteiger partial charge is 0.267 e. The summed E-state index contributed by atoms with van der Waals surface area (Å²) in [5.41, 5.74) is 2.04. The van der Waals surface area contributed by atoms with Gasteiger partial charge >= 0.3 is 0 Å². The molecule has 0 bridgehead atoms. The predicted molar refractivity (Wildman–Crippen MR) is 102 cm³/mol. The van der Waals surface area contributed by atoms with Crippen LogP contribution in [0.25, 0.3) is 0 Å². The van der Waals surface area contributed by atoms with E-state index in [4.69, 9.17) is 4.74 Å². The summed E-state index contributed by atoms with van der Waals surface area (Å²) >= 11 is 1.85. The van der Waals surface area contributed by atoms with Gasteiger partial charge < -0.3 is 15.0 Å². The lowest BCUT2D eigenvalue weighted by Crippen LogP contribution is -2.38. The molecule has 0 radical (unpaired) electrons. The van der Waals surface area contributed by atoms with Crippen molar-refractivity contribution < 1.29 is 4.74 Å². The minimum atomic E-state index is -0.153. The molecule has 2 aliphatic rings. The van der Waals surface area contributed by atoms with Crippen molar-refractivity contribution in [2.45, 2.75) is 24.3 Å². The van der Waals surface area contributed by atoms with Crippen LogP contribution in [0.4, 0.5) is 11.6 Å². The predicted octanol–water partition coefficient (Wildman–Crippen LogP) is 0.941. The number of nitrogens with zero attached hydrogens (tertiary/aromatic N) is 5. The van der Waals surface area contributed by atoms with E-state index in [-0.39, 0.29) is 17.6 Å². The van der Waals surface area contributed by atoms with Gasteiger partial charge in [-0.2, -0.15) is 16.9 Å². The maximum absolute atomic E-state index is 12.6. The number of rotatable bonds is 4. The zero-order valence-corrected chi connectivity index (χ0v) is 15.7. The highest BCUT2D eigenvalue weighted by Gasteiger charge is 2.32. The summed E-state index contributed by atoms with van der Waals surface area (Å²) in [6.45, 7) is 0.969. The third-order valence-electron chi connectivity index (χ3n) is 4.67. The van der Waals surface area contributed by atoms with Gasteiger partial charge in [-0.1, -0.05) is 0 Å². The van der Waals surface area contributed by atoms with Crippen molar-refractivity contribution in [3.05, 3.63) is 40.1 Å². The van der Waals surface area contributed by atoms with E-state index in [1.807, 2.05) is 36.8 Å². The van der Waals surface area contributed by atoms with Gasteiger partial charge in [0.25, 0.3) is 5.56 Å². The lowest BCUT2D eigenvalue weighted by Gasteiger charge is -2.23. The molecule has 0 saturated carbocycles. The van der Waals surface area contributed by atoms with Crippen LogP contribution in [-0.2, 0) is 16.9 Å². The van der Waals surface area contributed by atoms with Crippen LogP contribution in [0.3, 0.4) is 0 Å². The van der Waals surface area contributed by atoms with Gasteiger partial charge in [0, 0.05) is 38.4 Å². The van der Waals surface area contributed by atoms with E-state index >= 15 is 0 Å². The number of ether oxygens (including phenoxy) is 1. The van der Waals surface area contributed by atoms with Crippen molar-refractivity contribution in [1.82, 2.24) is 19.7 Å². The van der Waals surface area contributed by atoms with Gasteiger partial charge in [0.15, 0.2) is 0 Å². The Kier molecular flexibility index (Phi) is 4.82. The van der Waals surface area contributed by atoms with Gasteiger partial charge in [0.2, 0.25) is 0 Å².